The summed E-state index contributed by atoms with van der Waals surface area (Å²) >= 11 is 0. The lowest BCUT2D eigenvalue weighted by Gasteiger charge is -2.23. The van der Waals surface area contributed by atoms with E-state index in [1.165, 1.54) is 0 Å². The summed E-state index contributed by atoms with van der Waals surface area (Å²) in [5, 5.41) is 9.64. The highest BCUT2D eigenvalue weighted by molar-refractivity contribution is 6.01. The van der Waals surface area contributed by atoms with Crippen LogP contribution >= 0.6 is 0 Å². The highest BCUT2D eigenvalue weighted by atomic mass is 16.6. The number of allylic oxidation sites excluding steroid dienone is 1. The van der Waals surface area contributed by atoms with Gasteiger partial charge in [0.2, 0.25) is 6.41 Å². The Morgan fingerprint density at radius 2 is 2.05 bits per heavy atom. The quantitative estimate of drug-likeness (QED) is 0.400. The maximum atomic E-state index is 9.64. The lowest BCUT2D eigenvalue weighted by Crippen LogP contribution is -2.35. The van der Waals surface area contributed by atoms with Crippen molar-refractivity contribution in [3.05, 3.63) is 11.3 Å². The van der Waals surface area contributed by atoms with Gasteiger partial charge in [0.15, 0.2) is 5.84 Å². The molecule has 2 unspecified atom stereocenters. The van der Waals surface area contributed by atoms with Gasteiger partial charge in [-0.15, -0.1) is 0 Å². The fourth-order valence-corrected chi connectivity index (χ4v) is 1.48. The van der Waals surface area contributed by atoms with Crippen molar-refractivity contribution < 1.29 is 9.84 Å². The molecule has 0 aromatic carbocycles. The average molecular weight is 284 g/mol. The fraction of sp³-hybridized carbons (Fsp3) is 0.714. The van der Waals surface area contributed by atoms with E-state index in [0.717, 1.165) is 12.0 Å². The summed E-state index contributed by atoms with van der Waals surface area (Å²) in [5.41, 5.74) is 7.27. The minimum Gasteiger partial charge on any atom is -0.402 e. The van der Waals surface area contributed by atoms with Crippen LogP contribution < -0.4 is 5.73 Å². The Labute approximate surface area is 122 Å². The molecular formula is C14H28N4O2. The first-order valence-electron chi connectivity index (χ1n) is 6.81. The van der Waals surface area contributed by atoms with Crippen LogP contribution in [0, 0.1) is 0 Å². The number of rotatable bonds is 8. The van der Waals surface area contributed by atoms with Gasteiger partial charge < -0.3 is 15.6 Å². The number of nitrogens with two attached hydrogens (primary N) is 1. The highest BCUT2D eigenvalue weighted by Gasteiger charge is 2.12. The second-order valence-corrected chi connectivity index (χ2v) is 4.82. The number of aliphatic hydroxyl groups excluding tert-OH is 1. The third kappa shape index (κ3) is 6.79. The molecule has 0 saturated carbocycles. The number of aliphatic hydroxyl groups is 1. The van der Waals surface area contributed by atoms with Gasteiger partial charge in [0, 0.05) is 24.4 Å². The molecule has 20 heavy (non-hydrogen) atoms. The van der Waals surface area contributed by atoms with Crippen LogP contribution in [0.2, 0.25) is 0 Å². The van der Waals surface area contributed by atoms with Gasteiger partial charge in [-0.2, -0.15) is 0 Å². The molecule has 0 aliphatic carbocycles. The molecule has 0 fully saturated rings. The molecule has 0 aromatic heterocycles. The third-order valence-corrected chi connectivity index (χ3v) is 3.01. The van der Waals surface area contributed by atoms with Gasteiger partial charge in [-0.25, -0.2) is 4.99 Å². The van der Waals surface area contributed by atoms with E-state index in [2.05, 4.69) is 16.7 Å². The molecule has 0 saturated heterocycles. The van der Waals surface area contributed by atoms with Crippen molar-refractivity contribution in [3.63, 3.8) is 0 Å². The van der Waals surface area contributed by atoms with Crippen LogP contribution in [0.4, 0.5) is 0 Å². The van der Waals surface area contributed by atoms with Crippen LogP contribution in [0.3, 0.4) is 0 Å². The van der Waals surface area contributed by atoms with Crippen molar-refractivity contribution >= 4 is 12.6 Å². The van der Waals surface area contributed by atoms with E-state index in [1.54, 1.807) is 11.9 Å². The molecule has 0 amide bonds. The van der Waals surface area contributed by atoms with Crippen molar-refractivity contribution in [3.8, 4) is 0 Å². The normalized spacial score (nSPS) is 16.9. The molecule has 0 aliphatic rings. The molecule has 0 heterocycles. The SMILES string of the molecule is C=NC(=NC(C)CCN(C)C(O)OCC)C(C)=C(C)N. The van der Waals surface area contributed by atoms with Crippen LogP contribution in [0.25, 0.3) is 0 Å². The Bertz CT molecular complexity index is 362. The molecule has 0 rings (SSSR count). The summed E-state index contributed by atoms with van der Waals surface area (Å²) in [6.45, 7) is 12.2. The zero-order chi connectivity index (χ0) is 15.7. The molecule has 6 nitrogen and oxygen atoms in total. The Morgan fingerprint density at radius 3 is 2.50 bits per heavy atom. The number of aliphatic imine (C=N–C) groups is 2. The topological polar surface area (TPSA) is 83.4 Å². The zero-order valence-electron chi connectivity index (χ0n) is 13.3. The third-order valence-electron chi connectivity index (χ3n) is 3.01. The average Bonchev–Trinajstić information content (AvgIpc) is 2.41. The van der Waals surface area contributed by atoms with Gasteiger partial charge in [0.1, 0.15) is 0 Å². The lowest BCUT2D eigenvalue weighted by atomic mass is 10.2. The number of hydrogen-bond donors (Lipinski definition) is 2. The van der Waals surface area contributed by atoms with Crippen LogP contribution in [-0.2, 0) is 4.74 Å². The van der Waals surface area contributed by atoms with Gasteiger partial charge in [-0.3, -0.25) is 9.89 Å². The van der Waals surface area contributed by atoms with Gasteiger partial charge >= 0.3 is 0 Å². The monoisotopic (exact) mass is 284 g/mol. The second-order valence-electron chi connectivity index (χ2n) is 4.82. The first-order valence-corrected chi connectivity index (χ1v) is 6.81. The molecule has 2 atom stereocenters. The molecule has 0 radical (unpaired) electrons. The highest BCUT2D eigenvalue weighted by Crippen LogP contribution is 2.07. The van der Waals surface area contributed by atoms with E-state index in [0.29, 0.717) is 24.7 Å². The van der Waals surface area contributed by atoms with Gasteiger partial charge in [-0.1, -0.05) is 0 Å². The summed E-state index contributed by atoms with van der Waals surface area (Å²) in [6, 6.07) is 0.0566. The minimum absolute atomic E-state index is 0.0566. The van der Waals surface area contributed by atoms with E-state index >= 15 is 0 Å². The molecular weight excluding hydrogens is 256 g/mol. The van der Waals surface area contributed by atoms with E-state index in [-0.39, 0.29) is 6.04 Å². The minimum atomic E-state index is -0.874. The summed E-state index contributed by atoms with van der Waals surface area (Å²) < 4.78 is 5.10. The van der Waals surface area contributed by atoms with Crippen LogP contribution in [0.5, 0.6) is 0 Å². The first-order chi connectivity index (χ1) is 9.33. The van der Waals surface area contributed by atoms with Crippen molar-refractivity contribution in [2.45, 2.75) is 46.6 Å². The van der Waals surface area contributed by atoms with Crippen LogP contribution in [0.1, 0.15) is 34.1 Å². The molecule has 0 aromatic rings. The van der Waals surface area contributed by atoms with Crippen molar-refractivity contribution in [1.82, 2.24) is 4.90 Å². The van der Waals surface area contributed by atoms with E-state index in [1.807, 2.05) is 27.7 Å². The summed E-state index contributed by atoms with van der Waals surface area (Å²) in [5.74, 6) is 0.575. The van der Waals surface area contributed by atoms with Gasteiger partial charge in [0.05, 0.1) is 6.04 Å². The maximum absolute atomic E-state index is 9.64. The summed E-state index contributed by atoms with van der Waals surface area (Å²) in [6.07, 6.45) is -0.0996. The Hall–Kier alpha value is -1.24. The number of amidine groups is 1. The van der Waals surface area contributed by atoms with E-state index < -0.39 is 6.41 Å². The smallest absolute Gasteiger partial charge is 0.215 e. The predicted molar refractivity (Wildman–Crippen MR) is 83.9 cm³/mol. The number of ether oxygens (including phenoxy) is 1. The Morgan fingerprint density at radius 1 is 1.45 bits per heavy atom. The zero-order valence-corrected chi connectivity index (χ0v) is 13.3. The molecule has 6 heteroatoms. The van der Waals surface area contributed by atoms with Gasteiger partial charge in [0.25, 0.3) is 0 Å². The number of hydrogen-bond acceptors (Lipinski definition) is 5. The van der Waals surface area contributed by atoms with Crippen LogP contribution in [-0.4, -0.2) is 55.2 Å². The molecule has 3 N–H and O–H groups in total. The predicted octanol–water partition coefficient (Wildman–Crippen LogP) is 1.36. The van der Waals surface area contributed by atoms with E-state index in [9.17, 15) is 5.11 Å². The second kappa shape index (κ2) is 9.63. The van der Waals surface area contributed by atoms with Crippen molar-refractivity contribution in [1.29, 1.82) is 0 Å². The Balaban J connectivity index is 4.51. The van der Waals surface area contributed by atoms with Gasteiger partial charge in [-0.05, 0) is 47.9 Å². The molecule has 0 bridgehead atoms. The summed E-state index contributed by atoms with van der Waals surface area (Å²) in [4.78, 5) is 10.1. The number of nitrogens with zero attached hydrogens (tertiary/aromatic N) is 3. The Kier molecular flexibility index (Phi) is 9.03. The fourth-order valence-electron chi connectivity index (χ4n) is 1.48. The largest absolute Gasteiger partial charge is 0.402 e. The lowest BCUT2D eigenvalue weighted by molar-refractivity contribution is -0.182. The first kappa shape index (κ1) is 18.8. The standard InChI is InChI=1S/C14H28N4O2/c1-7-20-14(19)18(6)9-8-10(2)17-13(16-5)11(3)12(4)15/h10,14,19H,5,7-9,15H2,1-4,6H3. The van der Waals surface area contributed by atoms with Crippen molar-refractivity contribution in [2.75, 3.05) is 20.2 Å². The molecule has 116 valence electrons. The van der Waals surface area contributed by atoms with E-state index in [4.69, 9.17) is 10.5 Å². The van der Waals surface area contributed by atoms with Crippen LogP contribution in [0.15, 0.2) is 21.3 Å². The van der Waals surface area contributed by atoms with Crippen molar-refractivity contribution in [2.24, 2.45) is 15.7 Å². The molecule has 0 aliphatic heterocycles. The molecule has 0 spiro atoms. The summed E-state index contributed by atoms with van der Waals surface area (Å²) in [7, 11) is 1.80. The maximum Gasteiger partial charge on any atom is 0.215 e.